The Morgan fingerprint density at radius 3 is 2.76 bits per heavy atom. The van der Waals surface area contributed by atoms with Crippen LogP contribution in [0.4, 0.5) is 11.5 Å². The van der Waals surface area contributed by atoms with Gasteiger partial charge in [-0.25, -0.2) is 4.98 Å². The summed E-state index contributed by atoms with van der Waals surface area (Å²) in [5, 5.41) is 3.13. The summed E-state index contributed by atoms with van der Waals surface area (Å²) in [7, 11) is 0. The van der Waals surface area contributed by atoms with Gasteiger partial charge in [-0.05, 0) is 29.8 Å². The molecule has 0 atom stereocenters. The number of anilines is 2. The molecule has 0 spiro atoms. The van der Waals surface area contributed by atoms with Gasteiger partial charge >= 0.3 is 0 Å². The largest absolute Gasteiger partial charge is 0.399 e. The summed E-state index contributed by atoms with van der Waals surface area (Å²) < 4.78 is 0. The molecule has 86 valence electrons. The third kappa shape index (κ3) is 2.84. The van der Waals surface area contributed by atoms with Crippen LogP contribution in [0.5, 0.6) is 0 Å². The third-order valence-corrected chi connectivity index (χ3v) is 2.41. The van der Waals surface area contributed by atoms with Crippen LogP contribution in [0.15, 0.2) is 55.3 Å². The number of hydrogen-bond donors (Lipinski definition) is 2. The van der Waals surface area contributed by atoms with Gasteiger partial charge in [0.25, 0.3) is 0 Å². The number of aromatic nitrogens is 1. The molecule has 3 nitrogen and oxygen atoms in total. The van der Waals surface area contributed by atoms with Gasteiger partial charge in [0.1, 0.15) is 5.82 Å². The van der Waals surface area contributed by atoms with E-state index in [0.717, 1.165) is 22.6 Å². The molecular weight excluding hydrogens is 210 g/mol. The van der Waals surface area contributed by atoms with E-state index in [1.807, 2.05) is 42.6 Å². The average molecular weight is 225 g/mol. The molecule has 0 aliphatic heterocycles. The van der Waals surface area contributed by atoms with E-state index in [1.54, 1.807) is 6.08 Å². The maximum atomic E-state index is 5.75. The molecule has 3 heteroatoms. The van der Waals surface area contributed by atoms with Gasteiger partial charge in [-0.3, -0.25) is 0 Å². The van der Waals surface area contributed by atoms with Crippen LogP contribution in [0.1, 0.15) is 0 Å². The fourth-order valence-electron chi connectivity index (χ4n) is 1.56. The molecule has 0 saturated carbocycles. The lowest BCUT2D eigenvalue weighted by atomic mass is 10.1. The topological polar surface area (TPSA) is 50.9 Å². The Kier molecular flexibility index (Phi) is 3.40. The Labute approximate surface area is 101 Å². The van der Waals surface area contributed by atoms with Gasteiger partial charge in [-0.2, -0.15) is 0 Å². The number of nitrogens with two attached hydrogens (primary N) is 1. The van der Waals surface area contributed by atoms with E-state index in [0.29, 0.717) is 6.54 Å². The number of nitrogens with one attached hydrogen (secondary N) is 1. The summed E-state index contributed by atoms with van der Waals surface area (Å²) in [4.78, 5) is 4.32. The Morgan fingerprint density at radius 1 is 1.24 bits per heavy atom. The maximum absolute atomic E-state index is 5.75. The Hall–Kier alpha value is -2.29. The summed E-state index contributed by atoms with van der Waals surface area (Å²) >= 11 is 0. The van der Waals surface area contributed by atoms with Crippen LogP contribution in [-0.4, -0.2) is 11.5 Å². The van der Waals surface area contributed by atoms with E-state index in [2.05, 4.69) is 16.9 Å². The summed E-state index contributed by atoms with van der Waals surface area (Å²) in [6.45, 7) is 4.36. The molecule has 3 N–H and O–H groups in total. The van der Waals surface area contributed by atoms with Crippen LogP contribution in [-0.2, 0) is 0 Å². The van der Waals surface area contributed by atoms with E-state index in [9.17, 15) is 0 Å². The lowest BCUT2D eigenvalue weighted by Crippen LogP contribution is -1.99. The lowest BCUT2D eigenvalue weighted by molar-refractivity contribution is 1.23. The van der Waals surface area contributed by atoms with E-state index in [4.69, 9.17) is 5.73 Å². The maximum Gasteiger partial charge on any atom is 0.126 e. The van der Waals surface area contributed by atoms with Crippen molar-refractivity contribution < 1.29 is 0 Å². The summed E-state index contributed by atoms with van der Waals surface area (Å²) in [5.41, 5.74) is 8.64. The SMILES string of the molecule is C=CCNc1ccc(-c2cccc(N)c2)cn1. The van der Waals surface area contributed by atoms with E-state index in [-0.39, 0.29) is 0 Å². The first-order valence-electron chi connectivity index (χ1n) is 5.46. The first-order valence-corrected chi connectivity index (χ1v) is 5.46. The van der Waals surface area contributed by atoms with Crippen molar-refractivity contribution in [3.05, 3.63) is 55.3 Å². The predicted molar refractivity (Wildman–Crippen MR) is 72.8 cm³/mol. The molecular formula is C14H15N3. The van der Waals surface area contributed by atoms with Crippen LogP contribution >= 0.6 is 0 Å². The Morgan fingerprint density at radius 2 is 2.12 bits per heavy atom. The van der Waals surface area contributed by atoms with Gasteiger partial charge in [-0.1, -0.05) is 18.2 Å². The molecule has 2 rings (SSSR count). The van der Waals surface area contributed by atoms with Gasteiger partial charge in [-0.15, -0.1) is 6.58 Å². The highest BCUT2D eigenvalue weighted by molar-refractivity contribution is 5.67. The first-order chi connectivity index (χ1) is 8.29. The molecule has 0 amide bonds. The van der Waals surface area contributed by atoms with Crippen molar-refractivity contribution in [2.75, 3.05) is 17.6 Å². The third-order valence-electron chi connectivity index (χ3n) is 2.41. The molecule has 2 aromatic rings. The molecule has 0 saturated heterocycles. The fraction of sp³-hybridized carbons (Fsp3) is 0.0714. The second-order valence-corrected chi connectivity index (χ2v) is 3.73. The van der Waals surface area contributed by atoms with Gasteiger partial charge in [0, 0.05) is 24.0 Å². The molecule has 0 aliphatic rings. The molecule has 1 heterocycles. The summed E-state index contributed by atoms with van der Waals surface area (Å²) in [6, 6.07) is 11.7. The van der Waals surface area contributed by atoms with Crippen molar-refractivity contribution in [3.63, 3.8) is 0 Å². The Bertz CT molecular complexity index is 503. The number of nitrogen functional groups attached to an aromatic ring is 1. The fourth-order valence-corrected chi connectivity index (χ4v) is 1.56. The number of rotatable bonds is 4. The quantitative estimate of drug-likeness (QED) is 0.621. The minimum absolute atomic E-state index is 0.713. The van der Waals surface area contributed by atoms with E-state index >= 15 is 0 Å². The molecule has 1 aromatic heterocycles. The first kappa shape index (κ1) is 11.2. The highest BCUT2D eigenvalue weighted by Crippen LogP contribution is 2.21. The van der Waals surface area contributed by atoms with E-state index in [1.165, 1.54) is 0 Å². The zero-order valence-electron chi connectivity index (χ0n) is 9.56. The molecule has 0 bridgehead atoms. The Balaban J connectivity index is 2.20. The second kappa shape index (κ2) is 5.16. The number of benzene rings is 1. The zero-order valence-corrected chi connectivity index (χ0v) is 9.56. The van der Waals surface area contributed by atoms with Crippen LogP contribution in [0.25, 0.3) is 11.1 Å². The van der Waals surface area contributed by atoms with E-state index < -0.39 is 0 Å². The smallest absolute Gasteiger partial charge is 0.126 e. The molecule has 0 unspecified atom stereocenters. The molecule has 1 aromatic carbocycles. The van der Waals surface area contributed by atoms with Crippen molar-refractivity contribution >= 4 is 11.5 Å². The van der Waals surface area contributed by atoms with Crippen molar-refractivity contribution in [1.29, 1.82) is 0 Å². The van der Waals surface area contributed by atoms with Crippen molar-refractivity contribution in [3.8, 4) is 11.1 Å². The van der Waals surface area contributed by atoms with Crippen LogP contribution in [0, 0.1) is 0 Å². The van der Waals surface area contributed by atoms with Gasteiger partial charge < -0.3 is 11.1 Å². The predicted octanol–water partition coefficient (Wildman–Crippen LogP) is 2.93. The van der Waals surface area contributed by atoms with Crippen molar-refractivity contribution in [2.45, 2.75) is 0 Å². The van der Waals surface area contributed by atoms with Crippen LogP contribution < -0.4 is 11.1 Å². The minimum atomic E-state index is 0.713. The molecule has 0 fully saturated rings. The van der Waals surface area contributed by atoms with Gasteiger partial charge in [0.2, 0.25) is 0 Å². The second-order valence-electron chi connectivity index (χ2n) is 3.73. The summed E-state index contributed by atoms with van der Waals surface area (Å²) in [5.74, 6) is 0.845. The number of hydrogen-bond acceptors (Lipinski definition) is 3. The monoisotopic (exact) mass is 225 g/mol. The highest BCUT2D eigenvalue weighted by atomic mass is 15.0. The van der Waals surface area contributed by atoms with Crippen molar-refractivity contribution in [2.24, 2.45) is 0 Å². The number of pyridine rings is 1. The van der Waals surface area contributed by atoms with Crippen molar-refractivity contribution in [1.82, 2.24) is 4.98 Å². The van der Waals surface area contributed by atoms with Crippen LogP contribution in [0.3, 0.4) is 0 Å². The standard InChI is InChI=1S/C14H15N3/c1-2-8-16-14-7-6-12(10-17-14)11-4-3-5-13(15)9-11/h2-7,9-10H,1,8,15H2,(H,16,17). The minimum Gasteiger partial charge on any atom is -0.399 e. The lowest BCUT2D eigenvalue weighted by Gasteiger charge is -2.05. The van der Waals surface area contributed by atoms with Gasteiger partial charge in [0.15, 0.2) is 0 Å². The number of nitrogens with zero attached hydrogens (tertiary/aromatic N) is 1. The molecule has 0 radical (unpaired) electrons. The molecule has 0 aliphatic carbocycles. The zero-order chi connectivity index (χ0) is 12.1. The van der Waals surface area contributed by atoms with Gasteiger partial charge in [0.05, 0.1) is 0 Å². The highest BCUT2D eigenvalue weighted by Gasteiger charge is 1.99. The molecule has 17 heavy (non-hydrogen) atoms. The average Bonchev–Trinajstić information content (AvgIpc) is 2.37. The summed E-state index contributed by atoms with van der Waals surface area (Å²) in [6.07, 6.45) is 3.63. The van der Waals surface area contributed by atoms with Crippen LogP contribution in [0.2, 0.25) is 0 Å². The normalized spacial score (nSPS) is 9.88.